The zero-order valence-electron chi connectivity index (χ0n) is 19.2. The van der Waals surface area contributed by atoms with Gasteiger partial charge in [0.25, 0.3) is 5.56 Å². The predicted octanol–water partition coefficient (Wildman–Crippen LogP) is 4.52. The molecule has 0 aliphatic heterocycles. The van der Waals surface area contributed by atoms with E-state index in [1.54, 1.807) is 6.92 Å². The molecule has 1 atom stereocenters. The Balaban J connectivity index is 1.50. The Kier molecular flexibility index (Phi) is 5.28. The van der Waals surface area contributed by atoms with Gasteiger partial charge in [-0.25, -0.2) is 9.78 Å². The number of fused-ring (bicyclic) bond motifs is 3. The number of carbonyl (C=O) groups is 1. The second-order valence-electron chi connectivity index (χ2n) is 9.74. The second-order valence-corrected chi connectivity index (χ2v) is 10.8. The van der Waals surface area contributed by atoms with Crippen LogP contribution in [0.2, 0.25) is 0 Å². The Bertz CT molecular complexity index is 1450. The molecular weight excluding hydrogens is 436 g/mol. The maximum Gasteiger partial charge on any atom is 0.339 e. The summed E-state index contributed by atoms with van der Waals surface area (Å²) in [5.74, 6) is 0.0834. The molecule has 170 valence electrons. The van der Waals surface area contributed by atoms with E-state index in [9.17, 15) is 9.59 Å². The van der Waals surface area contributed by atoms with Gasteiger partial charge < -0.3 is 4.74 Å². The van der Waals surface area contributed by atoms with Crippen LogP contribution in [0.15, 0.2) is 35.1 Å². The van der Waals surface area contributed by atoms with Gasteiger partial charge in [-0.3, -0.25) is 9.78 Å². The lowest BCUT2D eigenvalue weighted by Crippen LogP contribution is -2.29. The van der Waals surface area contributed by atoms with E-state index in [1.165, 1.54) is 21.9 Å². The Morgan fingerprint density at radius 1 is 1.24 bits per heavy atom. The molecule has 0 N–H and O–H groups in total. The molecular formula is C25H26N4O3S. The first kappa shape index (κ1) is 21.7. The summed E-state index contributed by atoms with van der Waals surface area (Å²) in [6.45, 7) is 8.50. The highest BCUT2D eigenvalue weighted by atomic mass is 32.1. The SMILES string of the molecule is Cc1cc(=O)n2nc(COC(=O)c3c4c(nc5ccccc35)CCC(C(C)(C)C)C4)sc2n1. The summed E-state index contributed by atoms with van der Waals surface area (Å²) in [6, 6.07) is 9.17. The van der Waals surface area contributed by atoms with E-state index in [-0.39, 0.29) is 23.6 Å². The molecule has 0 saturated heterocycles. The van der Waals surface area contributed by atoms with Crippen LogP contribution in [-0.2, 0) is 24.2 Å². The van der Waals surface area contributed by atoms with Gasteiger partial charge in [0, 0.05) is 22.8 Å². The van der Waals surface area contributed by atoms with Crippen LogP contribution in [0.4, 0.5) is 0 Å². The number of benzene rings is 1. The van der Waals surface area contributed by atoms with E-state index >= 15 is 0 Å². The molecule has 0 spiro atoms. The number of pyridine rings is 1. The minimum atomic E-state index is -0.379. The van der Waals surface area contributed by atoms with Crippen molar-refractivity contribution in [1.82, 2.24) is 19.6 Å². The number of hydrogen-bond donors (Lipinski definition) is 0. The maximum absolute atomic E-state index is 13.4. The number of para-hydroxylation sites is 1. The average Bonchev–Trinajstić information content (AvgIpc) is 3.18. The zero-order valence-corrected chi connectivity index (χ0v) is 20.0. The van der Waals surface area contributed by atoms with Gasteiger partial charge in [-0.05, 0) is 49.1 Å². The first-order valence-electron chi connectivity index (χ1n) is 11.1. The minimum absolute atomic E-state index is 0.0144. The van der Waals surface area contributed by atoms with E-state index in [1.807, 2.05) is 24.3 Å². The first-order chi connectivity index (χ1) is 15.7. The van der Waals surface area contributed by atoms with Crippen LogP contribution in [0.25, 0.3) is 15.9 Å². The van der Waals surface area contributed by atoms with Crippen molar-refractivity contribution in [3.8, 4) is 0 Å². The summed E-state index contributed by atoms with van der Waals surface area (Å²) in [5.41, 5.74) is 3.95. The van der Waals surface area contributed by atoms with E-state index in [2.05, 4.69) is 30.9 Å². The zero-order chi connectivity index (χ0) is 23.3. The first-order valence-corrected chi connectivity index (χ1v) is 12.0. The summed E-state index contributed by atoms with van der Waals surface area (Å²) in [4.78, 5) is 35.3. The number of ether oxygens (including phenoxy) is 1. The summed E-state index contributed by atoms with van der Waals surface area (Å²) in [6.07, 6.45) is 2.72. The van der Waals surface area contributed by atoms with Crippen molar-refractivity contribution >= 4 is 33.2 Å². The fourth-order valence-electron chi connectivity index (χ4n) is 4.58. The summed E-state index contributed by atoms with van der Waals surface area (Å²) >= 11 is 1.25. The molecule has 3 aromatic heterocycles. The molecule has 0 amide bonds. The average molecular weight is 463 g/mol. The molecule has 33 heavy (non-hydrogen) atoms. The molecule has 1 unspecified atom stereocenters. The summed E-state index contributed by atoms with van der Waals surface area (Å²) < 4.78 is 7.00. The molecule has 0 bridgehead atoms. The highest BCUT2D eigenvalue weighted by molar-refractivity contribution is 7.16. The fourth-order valence-corrected chi connectivity index (χ4v) is 5.44. The molecule has 0 radical (unpaired) electrons. The van der Waals surface area contributed by atoms with Crippen molar-refractivity contribution < 1.29 is 9.53 Å². The molecule has 1 aliphatic rings. The van der Waals surface area contributed by atoms with Crippen LogP contribution in [0.1, 0.15) is 59.5 Å². The van der Waals surface area contributed by atoms with Crippen LogP contribution in [-0.4, -0.2) is 25.6 Å². The fraction of sp³-hybridized carbons (Fsp3) is 0.400. The molecule has 3 heterocycles. The van der Waals surface area contributed by atoms with Gasteiger partial charge in [-0.1, -0.05) is 50.3 Å². The van der Waals surface area contributed by atoms with Crippen molar-refractivity contribution in [3.05, 3.63) is 68.2 Å². The maximum atomic E-state index is 13.4. The number of aryl methyl sites for hydroxylation is 2. The van der Waals surface area contributed by atoms with Crippen molar-refractivity contribution in [1.29, 1.82) is 0 Å². The van der Waals surface area contributed by atoms with Crippen molar-refractivity contribution in [2.45, 2.75) is 53.6 Å². The van der Waals surface area contributed by atoms with Crippen LogP contribution in [0.3, 0.4) is 0 Å². The van der Waals surface area contributed by atoms with Crippen molar-refractivity contribution in [3.63, 3.8) is 0 Å². The molecule has 0 fully saturated rings. The number of esters is 1. The highest BCUT2D eigenvalue weighted by Gasteiger charge is 2.33. The van der Waals surface area contributed by atoms with Crippen molar-refractivity contribution in [2.24, 2.45) is 11.3 Å². The smallest absolute Gasteiger partial charge is 0.339 e. The lowest BCUT2D eigenvalue weighted by atomic mass is 9.70. The van der Waals surface area contributed by atoms with Crippen LogP contribution < -0.4 is 5.56 Å². The van der Waals surface area contributed by atoms with Crippen LogP contribution >= 0.6 is 11.3 Å². The lowest BCUT2D eigenvalue weighted by Gasteiger charge is -2.35. The molecule has 8 heteroatoms. The third-order valence-electron chi connectivity index (χ3n) is 6.43. The molecule has 1 aromatic carbocycles. The van der Waals surface area contributed by atoms with E-state index in [0.29, 0.717) is 27.1 Å². The largest absolute Gasteiger partial charge is 0.455 e. The van der Waals surface area contributed by atoms with Gasteiger partial charge in [0.15, 0.2) is 5.01 Å². The predicted molar refractivity (Wildman–Crippen MR) is 128 cm³/mol. The second kappa shape index (κ2) is 8.02. The molecule has 1 aliphatic carbocycles. The number of aromatic nitrogens is 4. The van der Waals surface area contributed by atoms with Gasteiger partial charge in [-0.15, -0.1) is 0 Å². The topological polar surface area (TPSA) is 86.5 Å². The Morgan fingerprint density at radius 2 is 2.03 bits per heavy atom. The van der Waals surface area contributed by atoms with Crippen molar-refractivity contribution in [2.75, 3.05) is 0 Å². The number of nitrogens with zero attached hydrogens (tertiary/aromatic N) is 4. The standard InChI is InChI=1S/C25H26N4O3S/c1-14-11-21(30)29-24(26-14)33-20(28-29)13-32-23(31)22-16-7-5-6-8-18(16)27-19-10-9-15(12-17(19)22)25(2,3)4/h5-8,11,15H,9-10,12-13H2,1-4H3. The normalized spacial score (nSPS) is 16.2. The molecule has 5 rings (SSSR count). The van der Waals surface area contributed by atoms with Gasteiger partial charge >= 0.3 is 5.97 Å². The third kappa shape index (κ3) is 4.04. The molecule has 0 saturated carbocycles. The van der Waals surface area contributed by atoms with Crippen LogP contribution in [0, 0.1) is 18.3 Å². The van der Waals surface area contributed by atoms with E-state index in [0.717, 1.165) is 41.4 Å². The van der Waals surface area contributed by atoms with E-state index in [4.69, 9.17) is 9.72 Å². The third-order valence-corrected chi connectivity index (χ3v) is 7.31. The quantitative estimate of drug-likeness (QED) is 0.416. The highest BCUT2D eigenvalue weighted by Crippen LogP contribution is 2.39. The lowest BCUT2D eigenvalue weighted by molar-refractivity contribution is 0.0470. The molecule has 7 nitrogen and oxygen atoms in total. The van der Waals surface area contributed by atoms with Gasteiger partial charge in [0.05, 0.1) is 11.1 Å². The monoisotopic (exact) mass is 462 g/mol. The molecule has 4 aromatic rings. The van der Waals surface area contributed by atoms with E-state index < -0.39 is 0 Å². The number of rotatable bonds is 3. The van der Waals surface area contributed by atoms with Gasteiger partial charge in [0.1, 0.15) is 6.61 Å². The summed E-state index contributed by atoms with van der Waals surface area (Å²) in [5, 5.41) is 5.62. The number of carbonyl (C=O) groups excluding carboxylic acids is 1. The summed E-state index contributed by atoms with van der Waals surface area (Å²) in [7, 11) is 0. The Morgan fingerprint density at radius 3 is 2.82 bits per heavy atom. The minimum Gasteiger partial charge on any atom is -0.455 e. The van der Waals surface area contributed by atoms with Gasteiger partial charge in [0.2, 0.25) is 4.96 Å². The van der Waals surface area contributed by atoms with Crippen LogP contribution in [0.5, 0.6) is 0 Å². The van der Waals surface area contributed by atoms with Gasteiger partial charge in [-0.2, -0.15) is 9.61 Å². The Labute approximate surface area is 195 Å². The Hall–Kier alpha value is -3.13. The number of hydrogen-bond acceptors (Lipinski definition) is 7.